The normalized spacial score (nSPS) is 14.0. The fourth-order valence-electron chi connectivity index (χ4n) is 6.37. The van der Waals surface area contributed by atoms with Crippen LogP contribution in [0.5, 0.6) is 0 Å². The number of phosphoric ester groups is 1. The predicted molar refractivity (Wildman–Crippen MR) is 252 cm³/mol. The van der Waals surface area contributed by atoms with Crippen LogP contribution in [0.15, 0.2) is 72.9 Å². The van der Waals surface area contributed by atoms with Crippen molar-refractivity contribution in [1.29, 1.82) is 0 Å². The lowest BCUT2D eigenvalue weighted by atomic mass is 10.1. The number of allylic oxidation sites excluding steroid dienone is 12. The van der Waals surface area contributed by atoms with E-state index in [0.717, 1.165) is 77.0 Å². The summed E-state index contributed by atoms with van der Waals surface area (Å²) in [6, 6.07) is 0. The molecule has 0 rings (SSSR count). The molecule has 0 aromatic heterocycles. The Labute approximate surface area is 363 Å². The topological polar surface area (TPSA) is 117 Å². The minimum absolute atomic E-state index is 0.0937. The molecule has 2 unspecified atom stereocenters. The zero-order valence-corrected chi connectivity index (χ0v) is 38.9. The number of carbonyl (C=O) groups is 1. The Morgan fingerprint density at radius 1 is 0.525 bits per heavy atom. The molecular formula is C50H90NO7P. The van der Waals surface area contributed by atoms with E-state index in [-0.39, 0.29) is 32.3 Å². The predicted octanol–water partition coefficient (Wildman–Crippen LogP) is 14.7. The van der Waals surface area contributed by atoms with Gasteiger partial charge in [-0.2, -0.15) is 0 Å². The molecule has 0 saturated heterocycles. The van der Waals surface area contributed by atoms with Crippen molar-refractivity contribution >= 4 is 13.8 Å². The van der Waals surface area contributed by atoms with Crippen molar-refractivity contribution in [2.75, 3.05) is 33.0 Å². The van der Waals surface area contributed by atoms with Crippen LogP contribution in [-0.2, 0) is 27.9 Å². The first-order valence-corrected chi connectivity index (χ1v) is 25.4. The minimum atomic E-state index is -4.29. The molecule has 0 heterocycles. The van der Waals surface area contributed by atoms with Gasteiger partial charge in [0.1, 0.15) is 6.10 Å². The Hall–Kier alpha value is -2.06. The number of rotatable bonds is 45. The van der Waals surface area contributed by atoms with Crippen molar-refractivity contribution in [2.45, 2.75) is 206 Å². The van der Waals surface area contributed by atoms with Crippen molar-refractivity contribution in [3.63, 3.8) is 0 Å². The van der Waals surface area contributed by atoms with E-state index in [1.807, 2.05) is 0 Å². The van der Waals surface area contributed by atoms with Gasteiger partial charge in [-0.3, -0.25) is 13.8 Å². The molecule has 8 nitrogen and oxygen atoms in total. The number of esters is 1. The second-order valence-corrected chi connectivity index (χ2v) is 17.0. The third kappa shape index (κ3) is 46.9. The first-order chi connectivity index (χ1) is 28.9. The Morgan fingerprint density at radius 3 is 1.44 bits per heavy atom. The second kappa shape index (κ2) is 47.0. The third-order valence-electron chi connectivity index (χ3n) is 9.86. The number of nitrogens with two attached hydrogens (primary N) is 1. The monoisotopic (exact) mass is 848 g/mol. The molecule has 0 spiro atoms. The molecular weight excluding hydrogens is 758 g/mol. The van der Waals surface area contributed by atoms with Crippen LogP contribution in [0.1, 0.15) is 200 Å². The van der Waals surface area contributed by atoms with Crippen LogP contribution in [0.4, 0.5) is 0 Å². The van der Waals surface area contributed by atoms with Gasteiger partial charge in [-0.25, -0.2) is 4.57 Å². The van der Waals surface area contributed by atoms with Gasteiger partial charge in [0, 0.05) is 19.6 Å². The summed E-state index contributed by atoms with van der Waals surface area (Å²) >= 11 is 0. The highest BCUT2D eigenvalue weighted by molar-refractivity contribution is 7.47. The summed E-state index contributed by atoms with van der Waals surface area (Å²) in [7, 11) is -4.29. The van der Waals surface area contributed by atoms with Crippen molar-refractivity contribution in [3.05, 3.63) is 72.9 Å². The van der Waals surface area contributed by atoms with E-state index in [9.17, 15) is 14.3 Å². The lowest BCUT2D eigenvalue weighted by Gasteiger charge is -2.20. The lowest BCUT2D eigenvalue weighted by Crippen LogP contribution is -2.28. The zero-order chi connectivity index (χ0) is 43.0. The van der Waals surface area contributed by atoms with Crippen LogP contribution in [0.3, 0.4) is 0 Å². The van der Waals surface area contributed by atoms with Gasteiger partial charge < -0.3 is 20.1 Å². The summed E-state index contributed by atoms with van der Waals surface area (Å²) in [5.74, 6) is -0.342. The summed E-state index contributed by atoms with van der Waals surface area (Å²) in [6.45, 7) is 4.77. The SMILES string of the molecule is CC/C=C\C/C=C\C/C=C\C/C=C\C/C=C\CCCCCCCCOCC(COP(=O)(O)OCCN)OC(=O)CCCCCCCCC/C=C\CCCCCCCCC. The fraction of sp³-hybridized carbons (Fsp3) is 0.740. The number of phosphoric acid groups is 1. The molecule has 0 aliphatic carbocycles. The summed E-state index contributed by atoms with van der Waals surface area (Å²) in [5, 5.41) is 0. The molecule has 0 aromatic rings. The molecule has 0 aliphatic heterocycles. The van der Waals surface area contributed by atoms with Gasteiger partial charge in [-0.05, 0) is 83.5 Å². The van der Waals surface area contributed by atoms with Crippen LogP contribution in [0.2, 0.25) is 0 Å². The molecule has 0 aromatic carbocycles. The van der Waals surface area contributed by atoms with Crippen molar-refractivity contribution in [1.82, 2.24) is 0 Å². The molecule has 9 heteroatoms. The van der Waals surface area contributed by atoms with Crippen LogP contribution >= 0.6 is 7.82 Å². The zero-order valence-electron chi connectivity index (χ0n) is 38.0. The van der Waals surface area contributed by atoms with E-state index in [0.29, 0.717) is 13.0 Å². The van der Waals surface area contributed by atoms with E-state index in [1.165, 1.54) is 103 Å². The first-order valence-electron chi connectivity index (χ1n) is 23.9. The van der Waals surface area contributed by atoms with Gasteiger partial charge in [-0.15, -0.1) is 0 Å². The molecule has 59 heavy (non-hydrogen) atoms. The molecule has 3 N–H and O–H groups in total. The summed E-state index contributed by atoms with van der Waals surface area (Å²) in [5.41, 5.74) is 5.38. The molecule has 0 amide bonds. The molecule has 0 radical (unpaired) electrons. The van der Waals surface area contributed by atoms with Crippen LogP contribution in [-0.4, -0.2) is 49.9 Å². The molecule has 0 fully saturated rings. The van der Waals surface area contributed by atoms with Gasteiger partial charge >= 0.3 is 13.8 Å². The number of ether oxygens (including phenoxy) is 2. The second-order valence-electron chi connectivity index (χ2n) is 15.6. The van der Waals surface area contributed by atoms with Gasteiger partial charge in [0.05, 0.1) is 19.8 Å². The molecule has 342 valence electrons. The Bertz CT molecular complexity index is 1130. The Balaban J connectivity index is 4.04. The Morgan fingerprint density at radius 2 is 0.949 bits per heavy atom. The maximum atomic E-state index is 12.6. The van der Waals surface area contributed by atoms with Gasteiger partial charge in [-0.1, -0.05) is 183 Å². The lowest BCUT2D eigenvalue weighted by molar-refractivity contribution is -0.154. The largest absolute Gasteiger partial charge is 0.472 e. The van der Waals surface area contributed by atoms with E-state index in [4.69, 9.17) is 24.3 Å². The number of carbonyl (C=O) groups excluding carboxylic acids is 1. The van der Waals surface area contributed by atoms with Crippen LogP contribution in [0, 0.1) is 0 Å². The summed E-state index contributed by atoms with van der Waals surface area (Å²) in [6.07, 6.45) is 59.2. The van der Waals surface area contributed by atoms with Gasteiger partial charge in [0.25, 0.3) is 0 Å². The smallest absolute Gasteiger partial charge is 0.457 e. The summed E-state index contributed by atoms with van der Waals surface area (Å²) in [4.78, 5) is 22.5. The molecule has 0 saturated carbocycles. The van der Waals surface area contributed by atoms with Crippen LogP contribution < -0.4 is 5.73 Å². The average Bonchev–Trinajstić information content (AvgIpc) is 3.23. The number of hydrogen-bond donors (Lipinski definition) is 2. The maximum Gasteiger partial charge on any atom is 0.472 e. The Kier molecular flexibility index (Phi) is 45.4. The first kappa shape index (κ1) is 56.9. The van der Waals surface area contributed by atoms with Crippen LogP contribution in [0.25, 0.3) is 0 Å². The highest BCUT2D eigenvalue weighted by Crippen LogP contribution is 2.43. The third-order valence-corrected chi connectivity index (χ3v) is 10.8. The van der Waals surface area contributed by atoms with E-state index in [1.54, 1.807) is 0 Å². The summed E-state index contributed by atoms with van der Waals surface area (Å²) < 4.78 is 33.5. The fourth-order valence-corrected chi connectivity index (χ4v) is 7.14. The number of hydrogen-bond acceptors (Lipinski definition) is 7. The van der Waals surface area contributed by atoms with Crippen molar-refractivity contribution in [3.8, 4) is 0 Å². The van der Waals surface area contributed by atoms with Crippen molar-refractivity contribution in [2.24, 2.45) is 5.73 Å². The molecule has 0 bridgehead atoms. The van der Waals surface area contributed by atoms with Gasteiger partial charge in [0.15, 0.2) is 0 Å². The number of unbranched alkanes of at least 4 members (excludes halogenated alkanes) is 20. The van der Waals surface area contributed by atoms with E-state index < -0.39 is 13.9 Å². The van der Waals surface area contributed by atoms with E-state index in [2.05, 4.69) is 86.8 Å². The molecule has 0 aliphatic rings. The van der Waals surface area contributed by atoms with E-state index >= 15 is 0 Å². The maximum absolute atomic E-state index is 12.6. The van der Waals surface area contributed by atoms with Gasteiger partial charge in [0.2, 0.25) is 0 Å². The molecule has 2 atom stereocenters. The highest BCUT2D eigenvalue weighted by atomic mass is 31.2. The average molecular weight is 848 g/mol. The standard InChI is InChI=1S/C50H90NO7P/c1-3-5-7-9-11-13-15-17-19-21-23-24-25-26-28-30-32-34-36-38-40-42-45-55-47-49(48-57-59(53,54)56-46-44-51)58-50(52)43-41-39-37-35-33-31-29-27-22-20-18-16-14-12-10-8-6-4-2/h5,7,11,13,17,19-20,22-24,26,28,49H,3-4,6,8-10,12,14-16,18,21,25,27,29-48,51H2,1-2H3,(H,53,54)/b7-5-,13-11-,19-17-,22-20-,24-23-,28-26-. The minimum Gasteiger partial charge on any atom is -0.457 e. The highest BCUT2D eigenvalue weighted by Gasteiger charge is 2.25. The van der Waals surface area contributed by atoms with Crippen molar-refractivity contribution < 1.29 is 32.8 Å². The quantitative estimate of drug-likeness (QED) is 0.0269.